The minimum absolute atomic E-state index is 0.292. The summed E-state index contributed by atoms with van der Waals surface area (Å²) in [5, 5.41) is 12.9. The molecule has 0 amide bonds. The second kappa shape index (κ2) is 5.44. The lowest BCUT2D eigenvalue weighted by Crippen LogP contribution is -2.47. The molecule has 1 heterocycles. The Bertz CT molecular complexity index is 213. The van der Waals surface area contributed by atoms with E-state index in [1.165, 1.54) is 0 Å². The van der Waals surface area contributed by atoms with Crippen molar-refractivity contribution in [2.45, 2.75) is 31.9 Å². The van der Waals surface area contributed by atoms with Crippen LogP contribution in [0.15, 0.2) is 0 Å². The van der Waals surface area contributed by atoms with Crippen molar-refractivity contribution >= 4 is 5.97 Å². The van der Waals surface area contributed by atoms with Gasteiger partial charge in [0.2, 0.25) is 0 Å². The molecule has 1 aliphatic heterocycles. The van der Waals surface area contributed by atoms with Gasteiger partial charge in [0.1, 0.15) is 11.6 Å². The molecule has 1 saturated heterocycles. The van der Waals surface area contributed by atoms with E-state index in [1.54, 1.807) is 13.8 Å². The van der Waals surface area contributed by atoms with E-state index >= 15 is 0 Å². The molecule has 1 aliphatic rings. The summed E-state index contributed by atoms with van der Waals surface area (Å²) < 4.78 is 9.93. The summed E-state index contributed by atoms with van der Waals surface area (Å²) in [6.45, 7) is 5.12. The molecular weight excluding hydrogens is 198 g/mol. The summed E-state index contributed by atoms with van der Waals surface area (Å²) in [6, 6.07) is -0.394. The lowest BCUT2D eigenvalue weighted by atomic mass is 10.0. The Morgan fingerprint density at radius 1 is 1.73 bits per heavy atom. The van der Waals surface area contributed by atoms with E-state index < -0.39 is 11.6 Å². The number of hydrogen-bond acceptors (Lipinski definition) is 5. The normalized spacial score (nSPS) is 27.7. The molecule has 0 aromatic carbocycles. The number of hydrogen-bond donors (Lipinski definition) is 2. The summed E-state index contributed by atoms with van der Waals surface area (Å²) in [5.41, 5.74) is -0.833. The number of carbonyl (C=O) groups is 1. The van der Waals surface area contributed by atoms with Crippen LogP contribution in [0.5, 0.6) is 0 Å². The van der Waals surface area contributed by atoms with Crippen LogP contribution in [-0.4, -0.2) is 49.1 Å². The van der Waals surface area contributed by atoms with Crippen molar-refractivity contribution in [2.24, 2.45) is 0 Å². The molecule has 0 aromatic heterocycles. The molecule has 0 saturated carbocycles. The minimum Gasteiger partial charge on any atom is -0.465 e. The molecule has 0 spiro atoms. The summed E-state index contributed by atoms with van der Waals surface area (Å²) >= 11 is 0. The lowest BCUT2D eigenvalue weighted by molar-refractivity contribution is -0.145. The first kappa shape index (κ1) is 12.4. The highest BCUT2D eigenvalue weighted by molar-refractivity contribution is 5.75. The highest BCUT2D eigenvalue weighted by Gasteiger charge is 2.32. The second-order valence-electron chi connectivity index (χ2n) is 3.88. The highest BCUT2D eigenvalue weighted by atomic mass is 16.5. The van der Waals surface area contributed by atoms with Gasteiger partial charge in [-0.25, -0.2) is 0 Å². The van der Waals surface area contributed by atoms with E-state index in [2.05, 4.69) is 5.32 Å². The van der Waals surface area contributed by atoms with Crippen LogP contribution >= 0.6 is 0 Å². The van der Waals surface area contributed by atoms with Crippen LogP contribution < -0.4 is 5.32 Å². The van der Waals surface area contributed by atoms with Gasteiger partial charge in [-0.3, -0.25) is 4.79 Å². The quantitative estimate of drug-likeness (QED) is 0.618. The van der Waals surface area contributed by atoms with E-state index in [1.807, 2.05) is 0 Å². The van der Waals surface area contributed by atoms with Gasteiger partial charge in [0.15, 0.2) is 0 Å². The molecule has 1 rings (SSSR count). The Kier molecular flexibility index (Phi) is 4.50. The maximum absolute atomic E-state index is 11.3. The third-order valence-corrected chi connectivity index (χ3v) is 2.46. The zero-order valence-corrected chi connectivity index (χ0v) is 9.28. The predicted molar refractivity (Wildman–Crippen MR) is 54.5 cm³/mol. The van der Waals surface area contributed by atoms with Gasteiger partial charge < -0.3 is 19.9 Å². The highest BCUT2D eigenvalue weighted by Crippen LogP contribution is 2.17. The largest absolute Gasteiger partial charge is 0.465 e. The number of rotatable bonds is 5. The van der Waals surface area contributed by atoms with Crippen molar-refractivity contribution in [3.63, 3.8) is 0 Å². The molecule has 0 aromatic rings. The van der Waals surface area contributed by atoms with Crippen molar-refractivity contribution in [2.75, 3.05) is 26.4 Å². The fraction of sp³-hybridized carbons (Fsp3) is 0.900. The van der Waals surface area contributed by atoms with E-state index in [-0.39, 0.29) is 5.97 Å². The molecule has 2 N–H and O–H groups in total. The molecule has 1 fully saturated rings. The predicted octanol–water partition coefficient (Wildman–Crippen LogP) is -0.321. The number of carbonyl (C=O) groups excluding carboxylic acids is 1. The topological polar surface area (TPSA) is 67.8 Å². The summed E-state index contributed by atoms with van der Waals surface area (Å²) in [7, 11) is 0. The van der Waals surface area contributed by atoms with Crippen LogP contribution in [0.4, 0.5) is 0 Å². The summed E-state index contributed by atoms with van der Waals surface area (Å²) in [4.78, 5) is 11.3. The first-order valence-electron chi connectivity index (χ1n) is 5.27. The third-order valence-electron chi connectivity index (χ3n) is 2.46. The zero-order valence-electron chi connectivity index (χ0n) is 9.28. The van der Waals surface area contributed by atoms with Gasteiger partial charge >= 0.3 is 5.97 Å². The molecule has 0 bridgehead atoms. The Morgan fingerprint density at radius 3 is 3.00 bits per heavy atom. The van der Waals surface area contributed by atoms with Crippen LogP contribution in [0.2, 0.25) is 0 Å². The summed E-state index contributed by atoms with van der Waals surface area (Å²) in [6.07, 6.45) is 0.607. The Morgan fingerprint density at radius 2 is 2.47 bits per heavy atom. The number of esters is 1. The SMILES string of the molecule is CCOC(=O)C(C)NCC1(O)CCOC1. The Labute approximate surface area is 89.8 Å². The van der Waals surface area contributed by atoms with Crippen molar-refractivity contribution in [1.82, 2.24) is 5.32 Å². The third kappa shape index (κ3) is 3.77. The number of ether oxygens (including phenoxy) is 2. The van der Waals surface area contributed by atoms with Crippen molar-refractivity contribution in [1.29, 1.82) is 0 Å². The molecule has 2 atom stereocenters. The second-order valence-corrected chi connectivity index (χ2v) is 3.88. The molecule has 0 aliphatic carbocycles. The average Bonchev–Trinajstić information content (AvgIpc) is 2.63. The number of aliphatic hydroxyl groups is 1. The molecule has 5 heteroatoms. The molecule has 88 valence electrons. The molecule has 0 radical (unpaired) electrons. The van der Waals surface area contributed by atoms with E-state index in [9.17, 15) is 9.90 Å². The number of nitrogens with one attached hydrogen (secondary N) is 1. The van der Waals surface area contributed by atoms with Crippen LogP contribution in [0.25, 0.3) is 0 Å². The Balaban J connectivity index is 2.26. The van der Waals surface area contributed by atoms with Crippen LogP contribution in [0.3, 0.4) is 0 Å². The van der Waals surface area contributed by atoms with Crippen molar-refractivity contribution < 1.29 is 19.4 Å². The molecular formula is C10H19NO4. The standard InChI is InChI=1S/C10H19NO4/c1-3-15-9(12)8(2)11-6-10(13)4-5-14-7-10/h8,11,13H,3-7H2,1-2H3. The minimum atomic E-state index is -0.833. The smallest absolute Gasteiger partial charge is 0.322 e. The van der Waals surface area contributed by atoms with Gasteiger partial charge in [-0.15, -0.1) is 0 Å². The monoisotopic (exact) mass is 217 g/mol. The maximum atomic E-state index is 11.3. The van der Waals surface area contributed by atoms with Gasteiger partial charge in [0, 0.05) is 19.6 Å². The fourth-order valence-corrected chi connectivity index (χ4v) is 1.43. The van der Waals surface area contributed by atoms with Crippen molar-refractivity contribution in [3.05, 3.63) is 0 Å². The van der Waals surface area contributed by atoms with Crippen LogP contribution in [0, 0.1) is 0 Å². The fourth-order valence-electron chi connectivity index (χ4n) is 1.43. The first-order chi connectivity index (χ1) is 7.07. The molecule has 15 heavy (non-hydrogen) atoms. The van der Waals surface area contributed by atoms with Crippen LogP contribution in [0.1, 0.15) is 20.3 Å². The van der Waals surface area contributed by atoms with Crippen LogP contribution in [-0.2, 0) is 14.3 Å². The van der Waals surface area contributed by atoms with E-state index in [4.69, 9.17) is 9.47 Å². The van der Waals surface area contributed by atoms with Gasteiger partial charge in [0.25, 0.3) is 0 Å². The van der Waals surface area contributed by atoms with Gasteiger partial charge in [0.05, 0.1) is 13.2 Å². The first-order valence-corrected chi connectivity index (χ1v) is 5.27. The maximum Gasteiger partial charge on any atom is 0.322 e. The lowest BCUT2D eigenvalue weighted by Gasteiger charge is -2.22. The van der Waals surface area contributed by atoms with E-state index in [0.717, 1.165) is 0 Å². The van der Waals surface area contributed by atoms with E-state index in [0.29, 0.717) is 32.8 Å². The summed E-state index contributed by atoms with van der Waals surface area (Å²) in [5.74, 6) is -0.292. The molecule has 5 nitrogen and oxygen atoms in total. The van der Waals surface area contributed by atoms with Gasteiger partial charge in [-0.2, -0.15) is 0 Å². The zero-order chi connectivity index (χ0) is 11.3. The van der Waals surface area contributed by atoms with Gasteiger partial charge in [-0.1, -0.05) is 0 Å². The molecule has 2 unspecified atom stereocenters. The Hall–Kier alpha value is -0.650. The van der Waals surface area contributed by atoms with Gasteiger partial charge in [-0.05, 0) is 13.8 Å². The average molecular weight is 217 g/mol. The van der Waals surface area contributed by atoms with Crippen molar-refractivity contribution in [3.8, 4) is 0 Å².